The van der Waals surface area contributed by atoms with E-state index < -0.39 is 21.4 Å². The maximum absolute atomic E-state index is 13.0. The number of hydrogen-bond donors (Lipinski definition) is 1. The van der Waals surface area contributed by atoms with Crippen LogP contribution in [0.3, 0.4) is 0 Å². The number of carbonyl (C=O) groups excluding carboxylic acids is 1. The summed E-state index contributed by atoms with van der Waals surface area (Å²) in [5.74, 6) is -0.449. The first-order chi connectivity index (χ1) is 8.70. The Morgan fingerprint density at radius 1 is 1.47 bits per heavy atom. The number of hydrogen-bond acceptors (Lipinski definition) is 4. The zero-order valence-corrected chi connectivity index (χ0v) is 12.5. The van der Waals surface area contributed by atoms with E-state index in [4.69, 9.17) is 5.73 Å². The van der Waals surface area contributed by atoms with Gasteiger partial charge in [0, 0.05) is 17.4 Å². The molecule has 2 N–H and O–H groups in total. The van der Waals surface area contributed by atoms with Crippen molar-refractivity contribution >= 4 is 43.4 Å². The Morgan fingerprint density at radius 3 is 2.63 bits per heavy atom. The Kier molecular flexibility index (Phi) is 3.57. The molecule has 1 aromatic carbocycles. The van der Waals surface area contributed by atoms with Gasteiger partial charge in [-0.05, 0) is 24.6 Å². The van der Waals surface area contributed by atoms with Crippen molar-refractivity contribution in [2.24, 2.45) is 0 Å². The molecule has 1 aliphatic rings. The molecule has 104 valence electrons. The van der Waals surface area contributed by atoms with E-state index in [2.05, 4.69) is 15.9 Å². The van der Waals surface area contributed by atoms with Crippen molar-refractivity contribution in [3.63, 3.8) is 0 Å². The topological polar surface area (TPSA) is 80.5 Å². The fourth-order valence-electron chi connectivity index (χ4n) is 2.06. The Bertz CT molecular complexity index is 648. The predicted molar refractivity (Wildman–Crippen MR) is 74.1 cm³/mol. The van der Waals surface area contributed by atoms with Gasteiger partial charge in [0.25, 0.3) is 0 Å². The van der Waals surface area contributed by atoms with Gasteiger partial charge in [-0.15, -0.1) is 3.89 Å². The third-order valence-electron chi connectivity index (χ3n) is 3.11. The van der Waals surface area contributed by atoms with Crippen molar-refractivity contribution in [1.29, 1.82) is 0 Å². The molecular formula is C11H12BrFN2O3S. The molecule has 8 heteroatoms. The van der Waals surface area contributed by atoms with E-state index in [1.165, 1.54) is 4.90 Å². The first kappa shape index (κ1) is 14.3. The predicted octanol–water partition coefficient (Wildman–Crippen LogP) is 1.74. The van der Waals surface area contributed by atoms with Gasteiger partial charge in [0.05, 0.1) is 11.4 Å². The number of rotatable bonds is 2. The molecule has 1 unspecified atom stereocenters. The summed E-state index contributed by atoms with van der Waals surface area (Å²) < 4.78 is 35.5. The quantitative estimate of drug-likeness (QED) is 0.650. The van der Waals surface area contributed by atoms with Gasteiger partial charge in [0.1, 0.15) is 5.25 Å². The molecule has 19 heavy (non-hydrogen) atoms. The van der Waals surface area contributed by atoms with E-state index in [1.807, 2.05) is 0 Å². The van der Waals surface area contributed by atoms with Gasteiger partial charge in [-0.2, -0.15) is 8.42 Å². The molecule has 0 bridgehead atoms. The van der Waals surface area contributed by atoms with Gasteiger partial charge in [-0.25, -0.2) is 0 Å². The smallest absolute Gasteiger partial charge is 0.307 e. The lowest BCUT2D eigenvalue weighted by Gasteiger charge is -2.20. The van der Waals surface area contributed by atoms with Crippen molar-refractivity contribution in [2.75, 3.05) is 17.2 Å². The summed E-state index contributed by atoms with van der Waals surface area (Å²) in [6.07, 6.45) is -0.357. The van der Waals surface area contributed by atoms with Gasteiger partial charge in [0.15, 0.2) is 0 Å². The SMILES string of the molecule is Cc1cc(Br)cc(N2CC(S(=O)(=O)F)CC2=O)c1N. The molecule has 1 aromatic rings. The monoisotopic (exact) mass is 350 g/mol. The van der Waals surface area contributed by atoms with E-state index in [-0.39, 0.29) is 13.0 Å². The highest BCUT2D eigenvalue weighted by Crippen LogP contribution is 2.34. The van der Waals surface area contributed by atoms with Crippen LogP contribution in [0.2, 0.25) is 0 Å². The lowest BCUT2D eigenvalue weighted by molar-refractivity contribution is -0.117. The molecule has 1 amide bonds. The first-order valence-corrected chi connectivity index (χ1v) is 7.73. The zero-order valence-electron chi connectivity index (χ0n) is 10.1. The summed E-state index contributed by atoms with van der Waals surface area (Å²) in [6.45, 7) is 1.56. The molecule has 1 fully saturated rings. The Morgan fingerprint density at radius 2 is 2.11 bits per heavy atom. The van der Waals surface area contributed by atoms with Gasteiger partial charge in [-0.1, -0.05) is 15.9 Å². The largest absolute Gasteiger partial charge is 0.397 e. The molecule has 0 aromatic heterocycles. The average Bonchev–Trinajstić information content (AvgIpc) is 2.65. The summed E-state index contributed by atoms with van der Waals surface area (Å²) in [5, 5.41) is -1.32. The fourth-order valence-corrected chi connectivity index (χ4v) is 3.29. The number of nitrogens with zero attached hydrogens (tertiary/aromatic N) is 1. The third kappa shape index (κ3) is 2.74. The van der Waals surface area contributed by atoms with E-state index in [0.29, 0.717) is 15.8 Å². The molecule has 0 saturated carbocycles. The summed E-state index contributed by atoms with van der Waals surface area (Å²) in [7, 11) is -4.72. The number of anilines is 2. The van der Waals surface area contributed by atoms with E-state index in [1.54, 1.807) is 19.1 Å². The molecule has 1 atom stereocenters. The highest BCUT2D eigenvalue weighted by Gasteiger charge is 2.39. The maximum atomic E-state index is 13.0. The number of nitrogen functional groups attached to an aromatic ring is 1. The molecule has 0 spiro atoms. The number of nitrogens with two attached hydrogens (primary N) is 1. The standard InChI is InChI=1S/C11H12BrFN2O3S/c1-6-2-7(12)3-9(11(6)14)15-5-8(4-10(15)16)19(13,17)18/h2-3,8H,4-5,14H2,1H3. The molecular weight excluding hydrogens is 339 g/mol. The number of aryl methyl sites for hydroxylation is 1. The van der Waals surface area contributed by atoms with Gasteiger partial charge in [0.2, 0.25) is 5.91 Å². The van der Waals surface area contributed by atoms with Crippen molar-refractivity contribution in [3.8, 4) is 0 Å². The van der Waals surface area contributed by atoms with Gasteiger partial charge in [-0.3, -0.25) is 4.79 Å². The van der Waals surface area contributed by atoms with Crippen LogP contribution in [0.15, 0.2) is 16.6 Å². The summed E-state index contributed by atoms with van der Waals surface area (Å²) >= 11 is 3.28. The van der Waals surface area contributed by atoms with E-state index in [9.17, 15) is 17.1 Å². The van der Waals surface area contributed by atoms with Crippen molar-refractivity contribution in [2.45, 2.75) is 18.6 Å². The summed E-state index contributed by atoms with van der Waals surface area (Å²) in [6, 6.07) is 3.40. The Hall–Kier alpha value is -1.15. The molecule has 1 heterocycles. The summed E-state index contributed by atoms with van der Waals surface area (Å²) in [5.41, 5.74) is 7.43. The van der Waals surface area contributed by atoms with Crippen molar-refractivity contribution in [3.05, 3.63) is 22.2 Å². The second-order valence-electron chi connectivity index (χ2n) is 4.46. The second kappa shape index (κ2) is 4.75. The lowest BCUT2D eigenvalue weighted by Crippen LogP contribution is -2.27. The highest BCUT2D eigenvalue weighted by molar-refractivity contribution is 9.10. The van der Waals surface area contributed by atoms with Gasteiger partial charge >= 0.3 is 10.2 Å². The minimum atomic E-state index is -4.72. The average molecular weight is 351 g/mol. The van der Waals surface area contributed by atoms with Gasteiger partial charge < -0.3 is 10.6 Å². The molecule has 1 saturated heterocycles. The minimum Gasteiger partial charge on any atom is -0.397 e. The van der Waals surface area contributed by atoms with Crippen LogP contribution in [-0.4, -0.2) is 26.1 Å². The number of halogens is 2. The van der Waals surface area contributed by atoms with E-state index in [0.717, 1.165) is 5.56 Å². The van der Waals surface area contributed by atoms with Crippen LogP contribution in [0.1, 0.15) is 12.0 Å². The van der Waals surface area contributed by atoms with Crippen LogP contribution in [-0.2, 0) is 15.0 Å². The molecule has 5 nitrogen and oxygen atoms in total. The summed E-state index contributed by atoms with van der Waals surface area (Å²) in [4.78, 5) is 13.0. The van der Waals surface area contributed by atoms with Crippen LogP contribution < -0.4 is 10.6 Å². The fraction of sp³-hybridized carbons (Fsp3) is 0.364. The number of benzene rings is 1. The molecule has 0 aliphatic carbocycles. The van der Waals surface area contributed by atoms with E-state index >= 15 is 0 Å². The number of carbonyl (C=O) groups is 1. The zero-order chi connectivity index (χ0) is 14.4. The van der Waals surface area contributed by atoms with Crippen LogP contribution in [0.4, 0.5) is 15.3 Å². The first-order valence-electron chi connectivity index (χ1n) is 5.49. The Balaban J connectivity index is 2.41. The van der Waals surface area contributed by atoms with Crippen LogP contribution >= 0.6 is 15.9 Å². The number of amides is 1. The van der Waals surface area contributed by atoms with Crippen LogP contribution in [0.5, 0.6) is 0 Å². The minimum absolute atomic E-state index is 0.211. The van der Waals surface area contributed by atoms with Crippen molar-refractivity contribution in [1.82, 2.24) is 0 Å². The molecule has 0 radical (unpaired) electrons. The highest BCUT2D eigenvalue weighted by atomic mass is 79.9. The molecule has 1 aliphatic heterocycles. The second-order valence-corrected chi connectivity index (χ2v) is 7.00. The lowest BCUT2D eigenvalue weighted by atomic mass is 10.1. The van der Waals surface area contributed by atoms with Crippen LogP contribution in [0.25, 0.3) is 0 Å². The third-order valence-corrected chi connectivity index (χ3v) is 4.68. The van der Waals surface area contributed by atoms with Crippen LogP contribution in [0, 0.1) is 6.92 Å². The molecule has 2 rings (SSSR count). The maximum Gasteiger partial charge on any atom is 0.307 e. The Labute approximate surface area is 118 Å². The normalized spacial score (nSPS) is 20.1. The van der Waals surface area contributed by atoms with Crippen molar-refractivity contribution < 1.29 is 17.1 Å².